The van der Waals surface area contributed by atoms with Crippen molar-refractivity contribution in [1.29, 1.82) is 0 Å². The van der Waals surface area contributed by atoms with Crippen molar-refractivity contribution in [3.8, 4) is 0 Å². The summed E-state index contributed by atoms with van der Waals surface area (Å²) in [5.74, 6) is 1.04. The molecule has 25 heavy (non-hydrogen) atoms. The fourth-order valence-electron chi connectivity index (χ4n) is 3.71. The van der Waals surface area contributed by atoms with Crippen LogP contribution < -0.4 is 15.5 Å². The molecule has 0 unspecified atom stereocenters. The lowest BCUT2D eigenvalue weighted by molar-refractivity contribution is -0.936. The van der Waals surface area contributed by atoms with E-state index in [1.165, 1.54) is 43.5 Å². The molecule has 2 heterocycles. The minimum Gasteiger partial charge on any atom is -0.463 e. The van der Waals surface area contributed by atoms with Gasteiger partial charge >= 0.3 is 0 Å². The summed E-state index contributed by atoms with van der Waals surface area (Å²) in [6.45, 7) is 7.37. The van der Waals surface area contributed by atoms with Gasteiger partial charge < -0.3 is 20.0 Å². The normalized spacial score (nSPS) is 16.4. The lowest BCUT2D eigenvalue weighted by atomic mass is 10.1. The number of likely N-dealkylation sites (tertiary alicyclic amines) is 1. The van der Waals surface area contributed by atoms with Crippen LogP contribution in [0.2, 0.25) is 0 Å². The molecular weight excluding hydrogens is 330 g/mol. The average Bonchev–Trinajstić information content (AvgIpc) is 3.09. The molecule has 1 saturated heterocycles. The molecule has 1 fully saturated rings. The van der Waals surface area contributed by atoms with Gasteiger partial charge in [0, 0.05) is 5.69 Å². The number of rotatable bonds is 5. The van der Waals surface area contributed by atoms with Crippen molar-refractivity contribution in [3.63, 3.8) is 0 Å². The van der Waals surface area contributed by atoms with E-state index < -0.39 is 0 Å². The Morgan fingerprint density at radius 3 is 2.52 bits per heavy atom. The number of aryl methyl sites for hydroxylation is 2. The van der Waals surface area contributed by atoms with Gasteiger partial charge in [0.15, 0.2) is 16.9 Å². The molecule has 2 aromatic rings. The molecule has 0 saturated carbocycles. The fraction of sp³-hybridized carbons (Fsp3) is 0.450. The predicted octanol–water partition coefficient (Wildman–Crippen LogP) is 2.99. The van der Waals surface area contributed by atoms with Crippen LogP contribution in [0.4, 0.5) is 5.69 Å². The first-order chi connectivity index (χ1) is 12.1. The number of hydrogen-bond donors (Lipinski definition) is 3. The molecule has 5 heteroatoms. The molecule has 1 aromatic heterocycles. The maximum absolute atomic E-state index is 5.71. The van der Waals surface area contributed by atoms with E-state index >= 15 is 0 Å². The van der Waals surface area contributed by atoms with Crippen LogP contribution in [0, 0.1) is 13.8 Å². The highest BCUT2D eigenvalue weighted by Gasteiger charge is 2.28. The number of piperidine rings is 1. The van der Waals surface area contributed by atoms with Crippen molar-refractivity contribution in [2.45, 2.75) is 39.2 Å². The molecule has 0 radical (unpaired) electrons. The van der Waals surface area contributed by atoms with E-state index in [1.54, 1.807) is 11.2 Å². The SMILES string of the molecule is Cc1cc(C)cc(NC(=S)NC[C@@H](c2ccco2)[NH+]2CCCCC2)c1. The monoisotopic (exact) mass is 358 g/mol. The highest BCUT2D eigenvalue weighted by molar-refractivity contribution is 7.80. The van der Waals surface area contributed by atoms with Crippen LogP contribution in [-0.4, -0.2) is 24.7 Å². The molecule has 1 aliphatic heterocycles. The van der Waals surface area contributed by atoms with Gasteiger partial charge in [0.1, 0.15) is 0 Å². The van der Waals surface area contributed by atoms with E-state index in [0.717, 1.165) is 18.0 Å². The fourth-order valence-corrected chi connectivity index (χ4v) is 3.91. The van der Waals surface area contributed by atoms with E-state index in [-0.39, 0.29) is 0 Å². The van der Waals surface area contributed by atoms with Gasteiger partial charge in [-0.25, -0.2) is 0 Å². The van der Waals surface area contributed by atoms with Gasteiger partial charge in [-0.3, -0.25) is 0 Å². The Hall–Kier alpha value is -1.85. The zero-order valence-electron chi connectivity index (χ0n) is 15.1. The summed E-state index contributed by atoms with van der Waals surface area (Å²) in [4.78, 5) is 1.59. The van der Waals surface area contributed by atoms with E-state index in [1.807, 2.05) is 6.07 Å². The molecule has 1 aliphatic rings. The Bertz CT molecular complexity index is 673. The predicted molar refractivity (Wildman–Crippen MR) is 106 cm³/mol. The number of benzene rings is 1. The summed E-state index contributed by atoms with van der Waals surface area (Å²) >= 11 is 5.51. The maximum atomic E-state index is 5.71. The van der Waals surface area contributed by atoms with E-state index in [4.69, 9.17) is 16.6 Å². The largest absolute Gasteiger partial charge is 0.463 e. The van der Waals surface area contributed by atoms with Crippen LogP contribution in [0.3, 0.4) is 0 Å². The molecule has 0 bridgehead atoms. The smallest absolute Gasteiger partial charge is 0.171 e. The Morgan fingerprint density at radius 1 is 1.16 bits per heavy atom. The zero-order valence-corrected chi connectivity index (χ0v) is 15.9. The van der Waals surface area contributed by atoms with Crippen LogP contribution in [0.5, 0.6) is 0 Å². The van der Waals surface area contributed by atoms with Crippen molar-refractivity contribution < 1.29 is 9.32 Å². The third-order valence-electron chi connectivity index (χ3n) is 4.82. The molecule has 3 rings (SSSR count). The minimum absolute atomic E-state index is 0.300. The Balaban J connectivity index is 1.61. The quantitative estimate of drug-likeness (QED) is 0.719. The number of nitrogens with one attached hydrogen (secondary N) is 3. The number of quaternary nitrogens is 1. The summed E-state index contributed by atoms with van der Waals surface area (Å²) in [5, 5.41) is 7.37. The van der Waals surface area contributed by atoms with Crippen molar-refractivity contribution in [3.05, 3.63) is 53.5 Å². The minimum atomic E-state index is 0.300. The van der Waals surface area contributed by atoms with Gasteiger partial charge in [-0.1, -0.05) is 6.07 Å². The van der Waals surface area contributed by atoms with E-state index in [9.17, 15) is 0 Å². The van der Waals surface area contributed by atoms with Crippen molar-refractivity contribution >= 4 is 23.0 Å². The van der Waals surface area contributed by atoms with E-state index in [2.05, 4.69) is 48.7 Å². The summed E-state index contributed by atoms with van der Waals surface area (Å²) in [7, 11) is 0. The topological polar surface area (TPSA) is 41.6 Å². The molecule has 3 N–H and O–H groups in total. The Labute approximate surface area is 155 Å². The van der Waals surface area contributed by atoms with Gasteiger partial charge in [0.25, 0.3) is 0 Å². The number of anilines is 1. The molecule has 1 atom stereocenters. The average molecular weight is 359 g/mol. The first kappa shape index (κ1) is 18.0. The second-order valence-electron chi connectivity index (χ2n) is 7.00. The van der Waals surface area contributed by atoms with Gasteiger partial charge in [-0.05, 0) is 80.7 Å². The Kier molecular flexibility index (Phi) is 6.10. The molecule has 4 nitrogen and oxygen atoms in total. The zero-order chi connectivity index (χ0) is 17.6. The maximum Gasteiger partial charge on any atom is 0.171 e. The van der Waals surface area contributed by atoms with Crippen molar-refractivity contribution in [1.82, 2.24) is 5.32 Å². The second-order valence-corrected chi connectivity index (χ2v) is 7.41. The number of furan rings is 1. The summed E-state index contributed by atoms with van der Waals surface area (Å²) < 4.78 is 5.71. The summed E-state index contributed by atoms with van der Waals surface area (Å²) in [6.07, 6.45) is 5.68. The van der Waals surface area contributed by atoms with Crippen molar-refractivity contribution in [2.24, 2.45) is 0 Å². The molecule has 134 valence electrons. The van der Waals surface area contributed by atoms with Crippen LogP contribution in [0.1, 0.15) is 42.2 Å². The first-order valence-corrected chi connectivity index (χ1v) is 9.54. The Morgan fingerprint density at radius 2 is 1.88 bits per heavy atom. The van der Waals surface area contributed by atoms with Gasteiger partial charge in [-0.15, -0.1) is 0 Å². The van der Waals surface area contributed by atoms with Gasteiger partial charge in [0.2, 0.25) is 0 Å². The third-order valence-corrected chi connectivity index (χ3v) is 5.07. The van der Waals surface area contributed by atoms with Crippen molar-refractivity contribution in [2.75, 3.05) is 25.0 Å². The summed E-state index contributed by atoms with van der Waals surface area (Å²) in [5.41, 5.74) is 3.50. The van der Waals surface area contributed by atoms with Crippen LogP contribution >= 0.6 is 12.2 Å². The molecular formula is C20H28N3OS+. The lowest BCUT2D eigenvalue weighted by Crippen LogP contribution is -3.13. The van der Waals surface area contributed by atoms with Crippen LogP contribution in [-0.2, 0) is 0 Å². The molecule has 1 aromatic carbocycles. The molecule has 0 aliphatic carbocycles. The first-order valence-electron chi connectivity index (χ1n) is 9.13. The number of thiocarbonyl (C=S) groups is 1. The van der Waals surface area contributed by atoms with Gasteiger partial charge in [0.05, 0.1) is 25.9 Å². The second kappa shape index (κ2) is 8.50. The van der Waals surface area contributed by atoms with Gasteiger partial charge in [-0.2, -0.15) is 0 Å². The number of hydrogen-bond acceptors (Lipinski definition) is 2. The third kappa shape index (κ3) is 5.06. The molecule has 0 spiro atoms. The highest BCUT2D eigenvalue weighted by atomic mass is 32.1. The standard InChI is InChI=1S/C20H27N3OS/c1-15-11-16(2)13-17(12-15)22-20(25)21-14-18(19-7-6-10-24-19)23-8-4-3-5-9-23/h6-7,10-13,18H,3-5,8-9,14H2,1-2H3,(H2,21,22,25)/p+1/t18-/m0/s1. The molecule has 0 amide bonds. The van der Waals surface area contributed by atoms with Crippen LogP contribution in [0.25, 0.3) is 0 Å². The lowest BCUT2D eigenvalue weighted by Gasteiger charge is -2.30. The van der Waals surface area contributed by atoms with Crippen LogP contribution in [0.15, 0.2) is 41.0 Å². The summed E-state index contributed by atoms with van der Waals surface area (Å²) in [6, 6.07) is 10.7. The highest BCUT2D eigenvalue weighted by Crippen LogP contribution is 2.14. The van der Waals surface area contributed by atoms with E-state index in [0.29, 0.717) is 11.2 Å².